The quantitative estimate of drug-likeness (QED) is 0.611. The Morgan fingerprint density at radius 3 is 2.94 bits per heavy atom. The van der Waals surface area contributed by atoms with Gasteiger partial charge >= 0.3 is 0 Å². The van der Waals surface area contributed by atoms with Crippen molar-refractivity contribution in [2.24, 2.45) is 0 Å². The van der Waals surface area contributed by atoms with E-state index in [0.29, 0.717) is 6.61 Å². The zero-order valence-corrected chi connectivity index (χ0v) is 11.6. The first kappa shape index (κ1) is 13.0. The van der Waals surface area contributed by atoms with Crippen molar-refractivity contribution in [1.82, 2.24) is 20.2 Å². The number of tetrazole rings is 1. The molecule has 0 saturated carbocycles. The van der Waals surface area contributed by atoms with Gasteiger partial charge in [0.05, 0.1) is 12.3 Å². The highest BCUT2D eigenvalue weighted by molar-refractivity contribution is 7.99. The van der Waals surface area contributed by atoms with Crippen LogP contribution in [0.3, 0.4) is 0 Å². The molecule has 2 rings (SSSR count). The molecule has 0 radical (unpaired) electrons. The van der Waals surface area contributed by atoms with Crippen LogP contribution in [-0.2, 0) is 4.74 Å². The van der Waals surface area contributed by atoms with E-state index >= 15 is 0 Å². The van der Waals surface area contributed by atoms with Crippen LogP contribution in [0.25, 0.3) is 5.69 Å². The Morgan fingerprint density at radius 1 is 1.33 bits per heavy atom. The summed E-state index contributed by atoms with van der Waals surface area (Å²) in [5.41, 5.74) is 3.45. The molecule has 1 aromatic heterocycles. The summed E-state index contributed by atoms with van der Waals surface area (Å²) in [7, 11) is 1.69. The Labute approximate surface area is 111 Å². The van der Waals surface area contributed by atoms with Crippen molar-refractivity contribution in [1.29, 1.82) is 0 Å². The predicted octanol–water partition coefficient (Wildman–Crippen LogP) is 2.02. The van der Waals surface area contributed by atoms with Crippen LogP contribution in [0.2, 0.25) is 0 Å². The highest BCUT2D eigenvalue weighted by Gasteiger charge is 2.11. The van der Waals surface area contributed by atoms with E-state index in [-0.39, 0.29) is 0 Å². The van der Waals surface area contributed by atoms with Crippen LogP contribution in [0.5, 0.6) is 0 Å². The van der Waals surface area contributed by atoms with Crippen molar-refractivity contribution in [3.05, 3.63) is 29.3 Å². The Hall–Kier alpha value is -1.40. The molecule has 0 amide bonds. The molecule has 5 nitrogen and oxygen atoms in total. The first-order valence-corrected chi connectivity index (χ1v) is 6.69. The number of methoxy groups -OCH3 is 1. The second-order valence-corrected chi connectivity index (χ2v) is 5.00. The summed E-state index contributed by atoms with van der Waals surface area (Å²) in [4.78, 5) is 0. The highest BCUT2D eigenvalue weighted by atomic mass is 32.2. The third-order valence-electron chi connectivity index (χ3n) is 2.76. The maximum atomic E-state index is 5.03. The molecule has 0 aliphatic rings. The molecule has 0 atom stereocenters. The fourth-order valence-corrected chi connectivity index (χ4v) is 2.39. The lowest BCUT2D eigenvalue weighted by atomic mass is 10.1. The van der Waals surface area contributed by atoms with Crippen molar-refractivity contribution in [2.45, 2.75) is 19.0 Å². The minimum Gasteiger partial charge on any atom is -0.384 e. The van der Waals surface area contributed by atoms with Gasteiger partial charge in [0.1, 0.15) is 0 Å². The first-order valence-electron chi connectivity index (χ1n) is 5.70. The molecule has 0 spiro atoms. The number of benzene rings is 1. The van der Waals surface area contributed by atoms with Crippen molar-refractivity contribution < 1.29 is 4.74 Å². The number of aryl methyl sites for hydroxylation is 1. The molecule has 0 saturated heterocycles. The van der Waals surface area contributed by atoms with Crippen LogP contribution in [0.1, 0.15) is 11.1 Å². The second-order valence-electron chi connectivity index (χ2n) is 3.93. The monoisotopic (exact) mass is 264 g/mol. The summed E-state index contributed by atoms with van der Waals surface area (Å²) in [6.45, 7) is 4.85. The molecule has 0 unspecified atom stereocenters. The molecule has 1 aromatic carbocycles. The van der Waals surface area contributed by atoms with Crippen LogP contribution in [0.15, 0.2) is 23.4 Å². The van der Waals surface area contributed by atoms with E-state index in [2.05, 4.69) is 35.4 Å². The normalized spacial score (nSPS) is 10.8. The van der Waals surface area contributed by atoms with Crippen LogP contribution in [0, 0.1) is 13.8 Å². The van der Waals surface area contributed by atoms with E-state index in [9.17, 15) is 0 Å². The van der Waals surface area contributed by atoms with Crippen molar-refractivity contribution in [3.63, 3.8) is 0 Å². The first-order chi connectivity index (χ1) is 8.74. The fraction of sp³-hybridized carbons (Fsp3) is 0.417. The van der Waals surface area contributed by atoms with Gasteiger partial charge in [0, 0.05) is 12.9 Å². The third-order valence-corrected chi connectivity index (χ3v) is 3.65. The molecule has 0 aliphatic heterocycles. The summed E-state index contributed by atoms with van der Waals surface area (Å²) in [6.07, 6.45) is 0. The molecule has 0 N–H and O–H groups in total. The van der Waals surface area contributed by atoms with E-state index in [4.69, 9.17) is 4.74 Å². The molecule has 0 bridgehead atoms. The Kier molecular flexibility index (Phi) is 4.33. The number of ether oxygens (including phenoxy) is 1. The molecule has 96 valence electrons. The molecular formula is C12H16N4OS. The van der Waals surface area contributed by atoms with Gasteiger partial charge in [0.25, 0.3) is 0 Å². The summed E-state index contributed by atoms with van der Waals surface area (Å²) in [5.74, 6) is 0.835. The molecule has 0 aliphatic carbocycles. The van der Waals surface area contributed by atoms with Crippen LogP contribution < -0.4 is 0 Å². The lowest BCUT2D eigenvalue weighted by Crippen LogP contribution is -2.03. The number of hydrogen-bond acceptors (Lipinski definition) is 5. The van der Waals surface area contributed by atoms with Crippen LogP contribution in [0.4, 0.5) is 0 Å². The highest BCUT2D eigenvalue weighted by Crippen LogP contribution is 2.22. The van der Waals surface area contributed by atoms with Gasteiger partial charge < -0.3 is 4.74 Å². The minimum atomic E-state index is 0.685. The largest absolute Gasteiger partial charge is 0.384 e. The van der Waals surface area contributed by atoms with E-state index in [0.717, 1.165) is 16.6 Å². The molecule has 6 heteroatoms. The number of aromatic nitrogens is 4. The average molecular weight is 264 g/mol. The minimum absolute atomic E-state index is 0.685. The zero-order valence-electron chi connectivity index (χ0n) is 10.8. The fourth-order valence-electron chi connectivity index (χ4n) is 1.60. The van der Waals surface area contributed by atoms with Crippen molar-refractivity contribution in [3.8, 4) is 5.69 Å². The smallest absolute Gasteiger partial charge is 0.214 e. The lowest BCUT2D eigenvalue weighted by Gasteiger charge is -2.09. The summed E-state index contributed by atoms with van der Waals surface area (Å²) >= 11 is 1.59. The Bertz CT molecular complexity index is 527. The van der Waals surface area contributed by atoms with Crippen LogP contribution in [-0.4, -0.2) is 39.7 Å². The van der Waals surface area contributed by atoms with Gasteiger partial charge in [0.15, 0.2) is 0 Å². The van der Waals surface area contributed by atoms with Gasteiger partial charge in [-0.25, -0.2) is 0 Å². The van der Waals surface area contributed by atoms with Gasteiger partial charge in [-0.3, -0.25) is 0 Å². The zero-order chi connectivity index (χ0) is 13.0. The van der Waals surface area contributed by atoms with Crippen molar-refractivity contribution >= 4 is 11.8 Å². The average Bonchev–Trinajstić information content (AvgIpc) is 2.81. The predicted molar refractivity (Wildman–Crippen MR) is 71.2 cm³/mol. The number of rotatable bonds is 5. The van der Waals surface area contributed by atoms with E-state index < -0.39 is 0 Å². The van der Waals surface area contributed by atoms with Crippen molar-refractivity contribution in [2.75, 3.05) is 19.5 Å². The maximum Gasteiger partial charge on any atom is 0.214 e. The molecule has 1 heterocycles. The molecule has 2 aromatic rings. The van der Waals surface area contributed by atoms with Gasteiger partial charge in [0.2, 0.25) is 5.16 Å². The molecule has 0 fully saturated rings. The van der Waals surface area contributed by atoms with Gasteiger partial charge in [-0.1, -0.05) is 23.9 Å². The third kappa shape index (κ3) is 2.70. The topological polar surface area (TPSA) is 52.8 Å². The van der Waals surface area contributed by atoms with Gasteiger partial charge in [-0.15, -0.1) is 5.10 Å². The summed E-state index contributed by atoms with van der Waals surface area (Å²) < 4.78 is 6.81. The van der Waals surface area contributed by atoms with Crippen LogP contribution >= 0.6 is 11.8 Å². The van der Waals surface area contributed by atoms with Gasteiger partial charge in [-0.2, -0.15) is 4.68 Å². The van der Waals surface area contributed by atoms with E-state index in [1.54, 1.807) is 23.6 Å². The standard InChI is InChI=1S/C12H16N4OS/c1-9-5-4-6-11(10(9)2)16-12(13-14-15-16)18-8-7-17-3/h4-6H,7-8H2,1-3H3. The number of thioether (sulfide) groups is 1. The maximum absolute atomic E-state index is 5.03. The number of nitrogens with zero attached hydrogens (tertiary/aromatic N) is 4. The SMILES string of the molecule is COCCSc1nnnn1-c1cccc(C)c1C. The molecular weight excluding hydrogens is 248 g/mol. The molecule has 18 heavy (non-hydrogen) atoms. The summed E-state index contributed by atoms with van der Waals surface area (Å²) in [6, 6.07) is 6.13. The van der Waals surface area contributed by atoms with E-state index in [1.165, 1.54) is 11.1 Å². The Morgan fingerprint density at radius 2 is 2.17 bits per heavy atom. The lowest BCUT2D eigenvalue weighted by molar-refractivity contribution is 0.218. The van der Waals surface area contributed by atoms with Gasteiger partial charge in [-0.05, 0) is 41.5 Å². The number of hydrogen-bond donors (Lipinski definition) is 0. The second kappa shape index (κ2) is 5.97. The van der Waals surface area contributed by atoms with E-state index in [1.807, 2.05) is 12.1 Å². The summed E-state index contributed by atoms with van der Waals surface area (Å²) in [5, 5.41) is 12.6. The Balaban J connectivity index is 2.28.